The average Bonchev–Trinajstić information content (AvgIpc) is 3.29. The number of piperidine rings is 1. The first-order valence-corrected chi connectivity index (χ1v) is 10.7. The van der Waals surface area contributed by atoms with Crippen molar-refractivity contribution >= 4 is 33.9 Å². The smallest absolute Gasteiger partial charge is 0.404 e. The zero-order chi connectivity index (χ0) is 22.4. The summed E-state index contributed by atoms with van der Waals surface area (Å²) in [5.74, 6) is 0.743. The highest BCUT2D eigenvalue weighted by Gasteiger charge is 2.26. The summed E-state index contributed by atoms with van der Waals surface area (Å²) in [5.41, 5.74) is 4.42. The van der Waals surface area contributed by atoms with Gasteiger partial charge in [0.15, 0.2) is 5.82 Å². The van der Waals surface area contributed by atoms with Crippen LogP contribution in [0.5, 0.6) is 0 Å². The summed E-state index contributed by atoms with van der Waals surface area (Å²) in [4.78, 5) is 30.7. The number of amides is 2. The van der Waals surface area contributed by atoms with Crippen LogP contribution in [0.1, 0.15) is 23.2 Å². The van der Waals surface area contributed by atoms with Crippen LogP contribution in [0.4, 0.5) is 4.79 Å². The van der Waals surface area contributed by atoms with Crippen LogP contribution in [0.3, 0.4) is 0 Å². The SMILES string of the molecule is Cn1c(-c2nc3cc(C(=O)N4CCCC(NC(=O)O)C4)ccc3n2C)cc2ccccc21. The van der Waals surface area contributed by atoms with Gasteiger partial charge in [0.1, 0.15) is 0 Å². The van der Waals surface area contributed by atoms with Crippen LogP contribution in [0.15, 0.2) is 48.5 Å². The zero-order valence-corrected chi connectivity index (χ0v) is 18.1. The van der Waals surface area contributed by atoms with Gasteiger partial charge in [0, 0.05) is 49.7 Å². The molecule has 1 aliphatic heterocycles. The molecular formula is C24H25N5O3. The molecule has 8 nitrogen and oxygen atoms in total. The lowest BCUT2D eigenvalue weighted by atomic mass is 10.0. The van der Waals surface area contributed by atoms with Crippen molar-refractivity contribution in [3.8, 4) is 11.5 Å². The van der Waals surface area contributed by atoms with Crippen molar-refractivity contribution in [3.63, 3.8) is 0 Å². The largest absolute Gasteiger partial charge is 0.465 e. The molecule has 2 N–H and O–H groups in total. The van der Waals surface area contributed by atoms with Crippen LogP contribution in [-0.4, -0.2) is 55.3 Å². The number of imidazole rings is 1. The fourth-order valence-electron chi connectivity index (χ4n) is 4.70. The number of hydrogen-bond acceptors (Lipinski definition) is 3. The molecule has 2 aromatic carbocycles. The summed E-state index contributed by atoms with van der Waals surface area (Å²) in [7, 11) is 4.01. The van der Waals surface area contributed by atoms with E-state index in [1.165, 1.54) is 0 Å². The van der Waals surface area contributed by atoms with Crippen LogP contribution >= 0.6 is 0 Å². The van der Waals surface area contributed by atoms with Gasteiger partial charge >= 0.3 is 6.09 Å². The van der Waals surface area contributed by atoms with E-state index >= 15 is 0 Å². The first kappa shape index (κ1) is 20.1. The number of likely N-dealkylation sites (tertiary alicyclic amines) is 1. The fraction of sp³-hybridized carbons (Fsp3) is 0.292. The fourth-order valence-corrected chi connectivity index (χ4v) is 4.70. The summed E-state index contributed by atoms with van der Waals surface area (Å²) in [5, 5.41) is 12.6. The van der Waals surface area contributed by atoms with E-state index in [4.69, 9.17) is 10.1 Å². The highest BCUT2D eigenvalue weighted by molar-refractivity contribution is 5.98. The molecule has 0 spiro atoms. The van der Waals surface area contributed by atoms with Crippen LogP contribution < -0.4 is 5.32 Å². The minimum atomic E-state index is -1.06. The monoisotopic (exact) mass is 431 g/mol. The Kier molecular flexibility index (Phi) is 4.84. The second kappa shape index (κ2) is 7.71. The number of benzene rings is 2. The molecule has 1 unspecified atom stereocenters. The van der Waals surface area contributed by atoms with Crippen LogP contribution in [-0.2, 0) is 14.1 Å². The highest BCUT2D eigenvalue weighted by Crippen LogP contribution is 2.29. The molecular weight excluding hydrogens is 406 g/mol. The van der Waals surface area contributed by atoms with Crippen molar-refractivity contribution in [2.24, 2.45) is 14.1 Å². The van der Waals surface area contributed by atoms with E-state index in [9.17, 15) is 9.59 Å². The zero-order valence-electron chi connectivity index (χ0n) is 18.1. The third-order valence-electron chi connectivity index (χ3n) is 6.34. The van der Waals surface area contributed by atoms with Crippen molar-refractivity contribution in [1.82, 2.24) is 24.3 Å². The summed E-state index contributed by atoms with van der Waals surface area (Å²) in [6, 6.07) is 15.7. The van der Waals surface area contributed by atoms with Gasteiger partial charge in [-0.05, 0) is 43.2 Å². The molecule has 0 radical (unpaired) electrons. The Balaban J connectivity index is 1.48. The van der Waals surface area contributed by atoms with Crippen LogP contribution in [0.25, 0.3) is 33.5 Å². The standard InChI is InChI=1S/C24H25N5O3/c1-27-19-8-4-3-6-15(19)13-21(27)22-26-18-12-16(9-10-20(18)28(22)2)23(30)29-11-5-7-17(14-29)25-24(31)32/h3-4,6,8-10,12-13,17,25H,5,7,11,14H2,1-2H3,(H,31,32). The lowest BCUT2D eigenvalue weighted by Crippen LogP contribution is -2.49. The number of aryl methyl sites for hydroxylation is 2. The van der Waals surface area contributed by atoms with Gasteiger partial charge in [0.05, 0.1) is 16.7 Å². The topological polar surface area (TPSA) is 92.4 Å². The lowest BCUT2D eigenvalue weighted by molar-refractivity contribution is 0.0692. The Morgan fingerprint density at radius 3 is 2.66 bits per heavy atom. The molecule has 164 valence electrons. The third kappa shape index (κ3) is 3.37. The van der Waals surface area contributed by atoms with Crippen LogP contribution in [0, 0.1) is 0 Å². The number of carboxylic acid groups (broad SMARTS) is 1. The second-order valence-corrected chi connectivity index (χ2v) is 8.39. The van der Waals surface area contributed by atoms with Gasteiger partial charge < -0.3 is 24.5 Å². The Morgan fingerprint density at radius 1 is 1.06 bits per heavy atom. The Labute approximate surface area is 185 Å². The molecule has 2 aromatic heterocycles. The molecule has 32 heavy (non-hydrogen) atoms. The summed E-state index contributed by atoms with van der Waals surface area (Å²) in [6.45, 7) is 1.00. The number of carbonyl (C=O) groups is 2. The number of nitrogens with zero attached hydrogens (tertiary/aromatic N) is 4. The molecule has 1 fully saturated rings. The number of aromatic nitrogens is 3. The van der Waals surface area contributed by atoms with Gasteiger partial charge in [0.2, 0.25) is 0 Å². The van der Waals surface area contributed by atoms with Gasteiger partial charge in [0.25, 0.3) is 5.91 Å². The maximum absolute atomic E-state index is 13.1. The number of hydrogen-bond donors (Lipinski definition) is 2. The Morgan fingerprint density at radius 2 is 1.88 bits per heavy atom. The van der Waals surface area contributed by atoms with Gasteiger partial charge in [-0.25, -0.2) is 9.78 Å². The summed E-state index contributed by atoms with van der Waals surface area (Å²) in [6.07, 6.45) is 0.456. The van der Waals surface area contributed by atoms with Crippen molar-refractivity contribution in [2.45, 2.75) is 18.9 Å². The van der Waals surface area contributed by atoms with E-state index in [1.54, 1.807) is 4.90 Å². The predicted octanol–water partition coefficient (Wildman–Crippen LogP) is 3.60. The molecule has 3 heterocycles. The predicted molar refractivity (Wildman–Crippen MR) is 123 cm³/mol. The second-order valence-electron chi connectivity index (χ2n) is 8.39. The number of fused-ring (bicyclic) bond motifs is 2. The number of nitrogens with one attached hydrogen (secondary N) is 1. The van der Waals surface area contributed by atoms with Gasteiger partial charge in [-0.1, -0.05) is 18.2 Å². The van der Waals surface area contributed by atoms with E-state index in [2.05, 4.69) is 28.1 Å². The Bertz CT molecular complexity index is 1350. The minimum Gasteiger partial charge on any atom is -0.465 e. The quantitative estimate of drug-likeness (QED) is 0.518. The van der Waals surface area contributed by atoms with E-state index in [0.717, 1.165) is 46.3 Å². The highest BCUT2D eigenvalue weighted by atomic mass is 16.4. The maximum Gasteiger partial charge on any atom is 0.404 e. The molecule has 1 saturated heterocycles. The van der Waals surface area contributed by atoms with Crippen molar-refractivity contribution < 1.29 is 14.7 Å². The van der Waals surface area contributed by atoms with E-state index < -0.39 is 6.09 Å². The summed E-state index contributed by atoms with van der Waals surface area (Å²) < 4.78 is 4.18. The van der Waals surface area contributed by atoms with Crippen molar-refractivity contribution in [3.05, 3.63) is 54.1 Å². The molecule has 2 amide bonds. The Hall–Kier alpha value is -3.81. The first-order valence-electron chi connectivity index (χ1n) is 10.7. The molecule has 5 rings (SSSR count). The summed E-state index contributed by atoms with van der Waals surface area (Å²) >= 11 is 0. The average molecular weight is 431 g/mol. The number of para-hydroxylation sites is 1. The van der Waals surface area contributed by atoms with E-state index in [-0.39, 0.29) is 11.9 Å². The number of carbonyl (C=O) groups excluding carboxylic acids is 1. The number of rotatable bonds is 3. The molecule has 0 saturated carbocycles. The maximum atomic E-state index is 13.1. The van der Waals surface area contributed by atoms with E-state index in [0.29, 0.717) is 18.7 Å². The lowest BCUT2D eigenvalue weighted by Gasteiger charge is -2.32. The van der Waals surface area contributed by atoms with Gasteiger partial charge in [-0.15, -0.1) is 0 Å². The van der Waals surface area contributed by atoms with Crippen molar-refractivity contribution in [1.29, 1.82) is 0 Å². The van der Waals surface area contributed by atoms with Crippen molar-refractivity contribution in [2.75, 3.05) is 13.1 Å². The normalized spacial score (nSPS) is 16.6. The molecule has 1 atom stereocenters. The first-order chi connectivity index (χ1) is 15.4. The third-order valence-corrected chi connectivity index (χ3v) is 6.34. The van der Waals surface area contributed by atoms with E-state index in [1.807, 2.05) is 49.0 Å². The minimum absolute atomic E-state index is 0.0967. The van der Waals surface area contributed by atoms with Gasteiger partial charge in [-0.2, -0.15) is 0 Å². The molecule has 0 aliphatic carbocycles. The molecule has 8 heteroatoms. The molecule has 1 aliphatic rings. The molecule has 4 aromatic rings. The molecule has 0 bridgehead atoms. The van der Waals surface area contributed by atoms with Gasteiger partial charge in [-0.3, -0.25) is 4.79 Å². The van der Waals surface area contributed by atoms with Crippen LogP contribution in [0.2, 0.25) is 0 Å².